The van der Waals surface area contributed by atoms with Gasteiger partial charge in [-0.3, -0.25) is 0 Å². The molecule has 105 valence electrons. The average molecular weight is 353 g/mol. The Kier molecular flexibility index (Phi) is 6.44. The summed E-state index contributed by atoms with van der Waals surface area (Å²) in [5, 5.41) is 9.88. The van der Waals surface area contributed by atoms with Gasteiger partial charge in [0.1, 0.15) is 5.69 Å². The largest absolute Gasteiger partial charge is 0.358 e. The summed E-state index contributed by atoms with van der Waals surface area (Å²) in [7, 11) is 2.05. The third kappa shape index (κ3) is 3.48. The molecule has 21 heavy (non-hydrogen) atoms. The molecule has 0 bridgehead atoms. The molecule has 3 aromatic rings. The fourth-order valence-corrected chi connectivity index (χ4v) is 2.23. The Morgan fingerprint density at radius 2 is 1.48 bits per heavy atom. The summed E-state index contributed by atoms with van der Waals surface area (Å²) < 4.78 is 2.15. The number of aromatic nitrogens is 1. The van der Waals surface area contributed by atoms with E-state index in [9.17, 15) is 0 Å². The predicted octanol–water partition coefficient (Wildman–Crippen LogP) is 5.35. The van der Waals surface area contributed by atoms with Crippen LogP contribution >= 0.6 is 0 Å². The third-order valence-electron chi connectivity index (χ3n) is 3.39. The Morgan fingerprint density at radius 1 is 0.857 bits per heavy atom. The van der Waals surface area contributed by atoms with E-state index in [0.29, 0.717) is 0 Å². The number of hydrogen-bond acceptors (Lipinski definition) is 2. The van der Waals surface area contributed by atoms with E-state index in [0.717, 1.165) is 22.5 Å². The maximum Gasteiger partial charge on any atom is 0.114 e. The summed E-state index contributed by atoms with van der Waals surface area (Å²) in [6.45, 7) is 2.07. The van der Waals surface area contributed by atoms with Crippen LogP contribution < -0.4 is 0 Å². The summed E-state index contributed by atoms with van der Waals surface area (Å²) >= 11 is 0. The van der Waals surface area contributed by atoms with Crippen molar-refractivity contribution < 1.29 is 32.7 Å². The zero-order valence-electron chi connectivity index (χ0n) is 12.6. The topological polar surface area (TPSA) is 29.6 Å². The first-order valence-electron chi connectivity index (χ1n) is 6.28. The quantitative estimate of drug-likeness (QED) is 0.439. The van der Waals surface area contributed by atoms with Crippen molar-refractivity contribution >= 4 is 22.3 Å². The van der Waals surface area contributed by atoms with Gasteiger partial charge in [0, 0.05) is 50.8 Å². The van der Waals surface area contributed by atoms with E-state index in [1.807, 2.05) is 42.5 Å². The van der Waals surface area contributed by atoms with Crippen LogP contribution in [0.4, 0.5) is 11.4 Å². The Hall–Kier alpha value is -1.32. The Morgan fingerprint density at radius 3 is 2.19 bits per heavy atom. The van der Waals surface area contributed by atoms with Crippen molar-refractivity contribution in [3.8, 4) is 0 Å². The smallest absolute Gasteiger partial charge is 0.114 e. The van der Waals surface area contributed by atoms with Gasteiger partial charge in [-0.2, -0.15) is 5.11 Å². The van der Waals surface area contributed by atoms with Crippen LogP contribution in [-0.2, 0) is 39.8 Å². The third-order valence-corrected chi connectivity index (χ3v) is 3.39. The van der Waals surface area contributed by atoms with E-state index in [-0.39, 0.29) is 40.1 Å². The van der Waals surface area contributed by atoms with Gasteiger partial charge in [0.2, 0.25) is 0 Å². The molecule has 2 aromatic carbocycles. The monoisotopic (exact) mass is 353 g/mol. The van der Waals surface area contributed by atoms with Crippen LogP contribution in [0.1, 0.15) is 5.69 Å². The summed E-state index contributed by atoms with van der Waals surface area (Å²) in [5.74, 6) is 0. The van der Waals surface area contributed by atoms with Gasteiger partial charge >= 0.3 is 0 Å². The molecule has 0 aliphatic rings. The second-order valence-electron chi connectivity index (χ2n) is 4.55. The van der Waals surface area contributed by atoms with E-state index in [2.05, 4.69) is 40.9 Å². The number of benzene rings is 2. The van der Waals surface area contributed by atoms with Crippen LogP contribution in [-0.4, -0.2) is 4.57 Å². The predicted molar refractivity (Wildman–Crippen MR) is 84.7 cm³/mol. The first kappa shape index (κ1) is 17.7. The number of rotatable bonds is 2. The summed E-state index contributed by atoms with van der Waals surface area (Å²) in [5.41, 5.74) is 4.12. The van der Waals surface area contributed by atoms with Crippen LogP contribution in [0, 0.1) is 14.4 Å². The SMILES string of the molecule is Cc1c(N=Nc2ccccc2)c2ccccc2n1C.[CH3-].[Y]. The number of fused-ring (bicyclic) bond motifs is 1. The molecule has 3 nitrogen and oxygen atoms in total. The molecule has 0 aliphatic carbocycles. The molecule has 0 aliphatic heterocycles. The van der Waals surface area contributed by atoms with Gasteiger partial charge in [0.05, 0.1) is 11.2 Å². The van der Waals surface area contributed by atoms with Gasteiger partial charge in [-0.1, -0.05) is 36.4 Å². The molecule has 0 unspecified atom stereocenters. The Labute approximate surface area is 151 Å². The summed E-state index contributed by atoms with van der Waals surface area (Å²) in [6, 6.07) is 18.1. The fourth-order valence-electron chi connectivity index (χ4n) is 2.23. The Bertz CT molecular complexity index is 745. The van der Waals surface area contributed by atoms with Crippen LogP contribution in [0.25, 0.3) is 10.9 Å². The number of hydrogen-bond donors (Lipinski definition) is 0. The zero-order valence-corrected chi connectivity index (χ0v) is 15.5. The first-order chi connectivity index (χ1) is 9.27. The maximum atomic E-state index is 4.43. The first-order valence-corrected chi connectivity index (χ1v) is 6.28. The van der Waals surface area contributed by atoms with Crippen molar-refractivity contribution in [3.63, 3.8) is 0 Å². The molecule has 0 spiro atoms. The van der Waals surface area contributed by atoms with E-state index in [1.54, 1.807) is 0 Å². The molecule has 0 amide bonds. The second kappa shape index (κ2) is 7.62. The maximum absolute atomic E-state index is 4.43. The van der Waals surface area contributed by atoms with Crippen molar-refractivity contribution in [2.75, 3.05) is 0 Å². The number of nitrogens with zero attached hydrogens (tertiary/aromatic N) is 3. The molecule has 3 rings (SSSR count). The molecule has 1 radical (unpaired) electrons. The standard InChI is InChI=1S/C16H15N3.CH3.Y/c1-12-16(18-17-13-8-4-3-5-9-13)14-10-6-7-11-15(14)19(12)2;;/h3-11H,1-2H3;1H3;/q;-1;. The van der Waals surface area contributed by atoms with Gasteiger partial charge in [0.15, 0.2) is 0 Å². The number of para-hydroxylation sites is 1. The van der Waals surface area contributed by atoms with Gasteiger partial charge in [0.25, 0.3) is 0 Å². The van der Waals surface area contributed by atoms with Crippen molar-refractivity contribution in [2.45, 2.75) is 6.92 Å². The molecule has 0 atom stereocenters. The van der Waals surface area contributed by atoms with Crippen LogP contribution in [0.15, 0.2) is 64.8 Å². The molecule has 0 saturated carbocycles. The minimum Gasteiger partial charge on any atom is -0.358 e. The molecular weight excluding hydrogens is 335 g/mol. The minimum absolute atomic E-state index is 0. The summed E-state index contributed by atoms with van der Waals surface area (Å²) in [6.07, 6.45) is 0. The van der Waals surface area contributed by atoms with Crippen molar-refractivity contribution in [3.05, 3.63) is 67.7 Å². The second-order valence-corrected chi connectivity index (χ2v) is 4.55. The number of azo groups is 1. The zero-order chi connectivity index (χ0) is 13.2. The van der Waals surface area contributed by atoms with E-state index >= 15 is 0 Å². The van der Waals surface area contributed by atoms with E-state index in [1.165, 1.54) is 5.52 Å². The van der Waals surface area contributed by atoms with Gasteiger partial charge in [-0.15, -0.1) is 5.11 Å². The summed E-state index contributed by atoms with van der Waals surface area (Å²) in [4.78, 5) is 0. The minimum atomic E-state index is 0. The molecule has 0 N–H and O–H groups in total. The van der Waals surface area contributed by atoms with E-state index in [4.69, 9.17) is 0 Å². The number of aryl methyl sites for hydroxylation is 1. The molecule has 0 saturated heterocycles. The van der Waals surface area contributed by atoms with Gasteiger partial charge in [-0.05, 0) is 25.1 Å². The molecule has 1 heterocycles. The van der Waals surface area contributed by atoms with Crippen molar-refractivity contribution in [1.82, 2.24) is 4.57 Å². The molecule has 1 aromatic heterocycles. The molecular formula is C17H18N3Y-. The fraction of sp³-hybridized carbons (Fsp3) is 0.118. The van der Waals surface area contributed by atoms with E-state index < -0.39 is 0 Å². The van der Waals surface area contributed by atoms with Crippen LogP contribution in [0.3, 0.4) is 0 Å². The van der Waals surface area contributed by atoms with Gasteiger partial charge in [-0.25, -0.2) is 0 Å². The van der Waals surface area contributed by atoms with Crippen molar-refractivity contribution in [2.24, 2.45) is 17.3 Å². The average Bonchev–Trinajstić information content (AvgIpc) is 2.71. The molecule has 0 fully saturated rings. The van der Waals surface area contributed by atoms with Gasteiger partial charge < -0.3 is 12.0 Å². The van der Waals surface area contributed by atoms with Crippen molar-refractivity contribution in [1.29, 1.82) is 0 Å². The van der Waals surface area contributed by atoms with Crippen LogP contribution in [0.5, 0.6) is 0 Å². The Balaban J connectivity index is 0.00000110. The molecule has 4 heteroatoms. The van der Waals surface area contributed by atoms with Crippen LogP contribution in [0.2, 0.25) is 0 Å². The normalized spacial score (nSPS) is 10.4.